The van der Waals surface area contributed by atoms with Crippen molar-refractivity contribution >= 4 is 23.2 Å². The average molecular weight is 364 g/mol. The Morgan fingerprint density at radius 1 is 1.08 bits per heavy atom. The molecule has 2 aliphatic heterocycles. The van der Waals surface area contributed by atoms with Gasteiger partial charge < -0.3 is 14.7 Å². The molecule has 136 valence electrons. The number of carboxylic acid groups (broad SMARTS) is 1. The fourth-order valence-electron chi connectivity index (χ4n) is 4.10. The first kappa shape index (κ1) is 17.0. The second kappa shape index (κ2) is 7.03. The molecule has 3 heterocycles. The molecule has 2 atom stereocenters. The van der Waals surface area contributed by atoms with Crippen molar-refractivity contribution in [3.63, 3.8) is 0 Å². The molecule has 0 radical (unpaired) electrons. The number of rotatable bonds is 3. The minimum atomic E-state index is -0.971. The van der Waals surface area contributed by atoms with Gasteiger partial charge in [-0.3, -0.25) is 4.79 Å². The van der Waals surface area contributed by atoms with E-state index in [1.165, 1.54) is 34.8 Å². The number of likely N-dealkylation sites (tertiary alicyclic amines) is 1. The van der Waals surface area contributed by atoms with E-state index >= 15 is 0 Å². The minimum Gasteiger partial charge on any atom is -0.479 e. The summed E-state index contributed by atoms with van der Waals surface area (Å²) in [6.45, 7) is 1.43. The molecule has 0 bridgehead atoms. The number of ether oxygens (including phenoxy) is 1. The molecular formula is C18H24N2O4S. The number of carbonyl (C=O) groups excluding carboxylic acids is 1. The van der Waals surface area contributed by atoms with Gasteiger partial charge in [0.1, 0.15) is 6.10 Å². The fourth-order valence-corrected chi connectivity index (χ4v) is 5.42. The van der Waals surface area contributed by atoms with E-state index in [1.807, 2.05) is 16.2 Å². The molecule has 1 N–H and O–H groups in total. The van der Waals surface area contributed by atoms with Crippen LogP contribution in [0.4, 0.5) is 0 Å². The predicted molar refractivity (Wildman–Crippen MR) is 92.8 cm³/mol. The Bertz CT molecular complexity index is 643. The normalized spacial score (nSPS) is 27.3. The van der Waals surface area contributed by atoms with Gasteiger partial charge in [-0.1, -0.05) is 0 Å². The highest BCUT2D eigenvalue weighted by Crippen LogP contribution is 2.35. The van der Waals surface area contributed by atoms with Gasteiger partial charge in [-0.2, -0.15) is 0 Å². The summed E-state index contributed by atoms with van der Waals surface area (Å²) in [5.41, 5.74) is 1.31. The van der Waals surface area contributed by atoms with Gasteiger partial charge in [0, 0.05) is 23.9 Å². The van der Waals surface area contributed by atoms with Crippen LogP contribution in [0, 0.1) is 0 Å². The molecule has 25 heavy (non-hydrogen) atoms. The molecule has 4 rings (SSSR count). The van der Waals surface area contributed by atoms with Crippen molar-refractivity contribution in [3.05, 3.63) is 15.6 Å². The van der Waals surface area contributed by atoms with E-state index in [0.29, 0.717) is 31.8 Å². The average Bonchev–Trinajstić information content (AvgIpc) is 3.28. The summed E-state index contributed by atoms with van der Waals surface area (Å²) in [5, 5.41) is 10.2. The number of hydrogen-bond acceptors (Lipinski definition) is 5. The highest BCUT2D eigenvalue weighted by atomic mass is 32.1. The van der Waals surface area contributed by atoms with Gasteiger partial charge in [0.2, 0.25) is 0 Å². The summed E-state index contributed by atoms with van der Waals surface area (Å²) >= 11 is 1.88. The lowest BCUT2D eigenvalue weighted by Gasteiger charge is -2.32. The monoisotopic (exact) mass is 364 g/mol. The zero-order valence-corrected chi connectivity index (χ0v) is 15.1. The van der Waals surface area contributed by atoms with Crippen LogP contribution in [0.2, 0.25) is 0 Å². The van der Waals surface area contributed by atoms with Gasteiger partial charge in [0.15, 0.2) is 6.10 Å². The molecule has 1 aromatic rings. The van der Waals surface area contributed by atoms with Crippen molar-refractivity contribution in [2.45, 2.75) is 69.5 Å². The Labute approximate surface area is 151 Å². The lowest BCUT2D eigenvalue weighted by atomic mass is 9.96. The maximum atomic E-state index is 12.6. The van der Waals surface area contributed by atoms with E-state index < -0.39 is 18.2 Å². The number of aryl methyl sites for hydroxylation is 2. The Morgan fingerprint density at radius 3 is 2.48 bits per heavy atom. The maximum absolute atomic E-state index is 12.6. The zero-order valence-electron chi connectivity index (χ0n) is 14.3. The molecule has 1 amide bonds. The topological polar surface area (TPSA) is 79.7 Å². The summed E-state index contributed by atoms with van der Waals surface area (Å²) in [4.78, 5) is 31.7. The molecule has 3 aliphatic rings. The van der Waals surface area contributed by atoms with Crippen LogP contribution in [0.5, 0.6) is 0 Å². The number of hydrogen-bond donors (Lipinski definition) is 1. The number of fused-ring (bicyclic) bond motifs is 1. The van der Waals surface area contributed by atoms with Gasteiger partial charge in [-0.05, 0) is 51.4 Å². The van der Waals surface area contributed by atoms with Crippen LogP contribution in [0.3, 0.4) is 0 Å². The summed E-state index contributed by atoms with van der Waals surface area (Å²) in [5.74, 6) is -0.557. The lowest BCUT2D eigenvalue weighted by molar-refractivity contribution is -0.155. The largest absolute Gasteiger partial charge is 0.479 e. The number of thiazole rings is 1. The SMILES string of the molecule is O=C(O)[C@H]1CC[C@@H](C(=O)N2CCC(c3nc4c(s3)CCCC4)CC2)O1. The quantitative estimate of drug-likeness (QED) is 0.891. The van der Waals surface area contributed by atoms with Crippen molar-refractivity contribution in [2.75, 3.05) is 13.1 Å². The molecule has 6 nitrogen and oxygen atoms in total. The van der Waals surface area contributed by atoms with E-state index in [4.69, 9.17) is 14.8 Å². The van der Waals surface area contributed by atoms with Crippen molar-refractivity contribution < 1.29 is 19.4 Å². The molecule has 7 heteroatoms. The third-order valence-corrected chi connectivity index (χ3v) is 6.91. The molecule has 0 aromatic carbocycles. The van der Waals surface area contributed by atoms with Gasteiger partial charge in [-0.25, -0.2) is 9.78 Å². The lowest BCUT2D eigenvalue weighted by Crippen LogP contribution is -2.43. The fraction of sp³-hybridized carbons (Fsp3) is 0.722. The number of aliphatic carboxylic acids is 1. The Hall–Kier alpha value is -1.47. The molecule has 1 aromatic heterocycles. The van der Waals surface area contributed by atoms with E-state index in [0.717, 1.165) is 19.3 Å². The Balaban J connectivity index is 1.33. The van der Waals surface area contributed by atoms with Gasteiger partial charge in [0.05, 0.1) is 10.7 Å². The van der Waals surface area contributed by atoms with Crippen molar-refractivity contribution in [1.29, 1.82) is 0 Å². The summed E-state index contributed by atoms with van der Waals surface area (Å²) in [7, 11) is 0. The number of piperidine rings is 1. The van der Waals surface area contributed by atoms with E-state index in [9.17, 15) is 9.59 Å². The van der Waals surface area contributed by atoms with Crippen LogP contribution < -0.4 is 0 Å². The second-order valence-electron chi connectivity index (χ2n) is 7.26. The third-order valence-electron chi connectivity index (χ3n) is 5.59. The highest BCUT2D eigenvalue weighted by molar-refractivity contribution is 7.11. The first-order valence-electron chi connectivity index (χ1n) is 9.27. The summed E-state index contributed by atoms with van der Waals surface area (Å²) < 4.78 is 5.40. The summed E-state index contributed by atoms with van der Waals surface area (Å²) in [6.07, 6.45) is 6.23. The van der Waals surface area contributed by atoms with Crippen LogP contribution in [0.1, 0.15) is 60.0 Å². The third kappa shape index (κ3) is 3.44. The van der Waals surface area contributed by atoms with E-state index in [2.05, 4.69) is 0 Å². The van der Waals surface area contributed by atoms with Gasteiger partial charge in [-0.15, -0.1) is 11.3 Å². The molecule has 1 aliphatic carbocycles. The van der Waals surface area contributed by atoms with Crippen molar-refractivity contribution in [3.8, 4) is 0 Å². The number of aromatic nitrogens is 1. The van der Waals surface area contributed by atoms with Gasteiger partial charge >= 0.3 is 5.97 Å². The standard InChI is InChI=1S/C18H24N2O4S/c21-17(13-5-6-14(24-13)18(22)23)20-9-7-11(8-10-20)16-19-12-3-1-2-4-15(12)25-16/h11,13-14H,1-10H2,(H,22,23)/t13-,14+/m0/s1. The Kier molecular flexibility index (Phi) is 4.78. The number of carboxylic acids is 1. The van der Waals surface area contributed by atoms with Crippen LogP contribution in [0.25, 0.3) is 0 Å². The first-order valence-corrected chi connectivity index (χ1v) is 10.1. The molecule has 0 spiro atoms. The maximum Gasteiger partial charge on any atom is 0.332 e. The highest BCUT2D eigenvalue weighted by Gasteiger charge is 2.38. The van der Waals surface area contributed by atoms with Crippen LogP contribution in [-0.2, 0) is 27.2 Å². The van der Waals surface area contributed by atoms with Crippen LogP contribution >= 0.6 is 11.3 Å². The number of nitrogens with zero attached hydrogens (tertiary/aromatic N) is 2. The summed E-state index contributed by atoms with van der Waals surface area (Å²) in [6, 6.07) is 0. The first-order chi connectivity index (χ1) is 12.1. The number of carbonyl (C=O) groups is 2. The minimum absolute atomic E-state index is 0.0411. The van der Waals surface area contributed by atoms with Gasteiger partial charge in [0.25, 0.3) is 5.91 Å². The Morgan fingerprint density at radius 2 is 1.80 bits per heavy atom. The predicted octanol–water partition coefficient (Wildman–Crippen LogP) is 2.36. The van der Waals surface area contributed by atoms with Crippen molar-refractivity contribution in [2.24, 2.45) is 0 Å². The molecular weight excluding hydrogens is 340 g/mol. The molecule has 2 fully saturated rings. The van der Waals surface area contributed by atoms with E-state index in [-0.39, 0.29) is 5.91 Å². The zero-order chi connectivity index (χ0) is 17.4. The smallest absolute Gasteiger partial charge is 0.332 e. The van der Waals surface area contributed by atoms with E-state index in [1.54, 1.807) is 0 Å². The molecule has 0 saturated carbocycles. The second-order valence-corrected chi connectivity index (χ2v) is 8.37. The van der Waals surface area contributed by atoms with Crippen LogP contribution in [0.15, 0.2) is 0 Å². The molecule has 2 saturated heterocycles. The van der Waals surface area contributed by atoms with Crippen LogP contribution in [-0.4, -0.2) is 52.2 Å². The number of amides is 1. The van der Waals surface area contributed by atoms with Crippen molar-refractivity contribution in [1.82, 2.24) is 9.88 Å². The molecule has 0 unspecified atom stereocenters.